The molecule has 0 bridgehead atoms. The molecular weight excluding hydrogens is 527 g/mol. The van der Waals surface area contributed by atoms with Crippen LogP contribution in [0.4, 0.5) is 5.13 Å². The molecular formula is C23H23N3O5S4. The highest BCUT2D eigenvalue weighted by atomic mass is 32.2. The average Bonchev–Trinajstić information content (AvgIpc) is 3.26. The fourth-order valence-corrected chi connectivity index (χ4v) is 8.59. The number of sulfonamides is 1. The maximum Gasteiger partial charge on any atom is 0.243 e. The second kappa shape index (κ2) is 9.32. The van der Waals surface area contributed by atoms with E-state index < -0.39 is 19.9 Å². The van der Waals surface area contributed by atoms with Gasteiger partial charge in [0.1, 0.15) is 0 Å². The number of amides is 1. The summed E-state index contributed by atoms with van der Waals surface area (Å²) in [6.45, 7) is 0.365. The van der Waals surface area contributed by atoms with Gasteiger partial charge in [0, 0.05) is 46.4 Å². The van der Waals surface area contributed by atoms with Crippen LogP contribution in [0.5, 0.6) is 0 Å². The SMILES string of the molecule is CS(=O)(=O)c1cccc(S(=O)(=O)N2CCC(C(=O)Nc3nc4c(s3)CSc3ccccc3-4)CC2)c1. The lowest BCUT2D eigenvalue weighted by atomic mass is 9.97. The number of carbonyl (C=O) groups excluding carboxylic acids is 1. The summed E-state index contributed by atoms with van der Waals surface area (Å²) in [7, 11) is -7.38. The predicted octanol–water partition coefficient (Wildman–Crippen LogP) is 3.86. The van der Waals surface area contributed by atoms with Crippen LogP contribution >= 0.6 is 23.1 Å². The van der Waals surface area contributed by atoms with E-state index in [1.54, 1.807) is 11.8 Å². The van der Waals surface area contributed by atoms with E-state index in [1.165, 1.54) is 44.8 Å². The highest BCUT2D eigenvalue weighted by Gasteiger charge is 2.33. The molecule has 0 spiro atoms. The van der Waals surface area contributed by atoms with Crippen LogP contribution in [0.1, 0.15) is 17.7 Å². The second-order valence-electron chi connectivity index (χ2n) is 8.49. The van der Waals surface area contributed by atoms with E-state index in [2.05, 4.69) is 16.4 Å². The Kier molecular flexibility index (Phi) is 6.51. The Morgan fingerprint density at radius 1 is 1.03 bits per heavy atom. The Labute approximate surface area is 212 Å². The molecule has 0 aliphatic carbocycles. The minimum Gasteiger partial charge on any atom is -0.302 e. The van der Waals surface area contributed by atoms with Crippen LogP contribution in [0, 0.1) is 5.92 Å². The highest BCUT2D eigenvalue weighted by molar-refractivity contribution is 7.99. The summed E-state index contributed by atoms with van der Waals surface area (Å²) in [5.41, 5.74) is 1.99. The first-order chi connectivity index (χ1) is 16.6. The van der Waals surface area contributed by atoms with Crippen LogP contribution in [-0.4, -0.2) is 51.4 Å². The lowest BCUT2D eigenvalue weighted by molar-refractivity contribution is -0.120. The molecule has 1 N–H and O–H groups in total. The van der Waals surface area contributed by atoms with E-state index >= 15 is 0 Å². The molecule has 8 nitrogen and oxygen atoms in total. The second-order valence-corrected chi connectivity index (χ2v) is 14.5. The number of carbonyl (C=O) groups is 1. The zero-order valence-corrected chi connectivity index (χ0v) is 22.1. The number of aromatic nitrogens is 1. The van der Waals surface area contributed by atoms with Gasteiger partial charge in [-0.15, -0.1) is 23.1 Å². The number of benzene rings is 2. The number of piperidine rings is 1. The molecule has 0 atom stereocenters. The van der Waals surface area contributed by atoms with Gasteiger partial charge in [-0.25, -0.2) is 21.8 Å². The molecule has 2 aliphatic rings. The standard InChI is InChI=1S/C23H23N3O5S4/c1-34(28,29)16-5-4-6-17(13-16)35(30,31)26-11-9-15(10-12-26)22(27)25-23-24-21-18-7-2-3-8-19(18)32-14-20(21)33-23/h2-8,13,15H,9-12,14H2,1H3,(H,24,25,27). The van der Waals surface area contributed by atoms with Crippen LogP contribution in [0.25, 0.3) is 11.3 Å². The summed E-state index contributed by atoms with van der Waals surface area (Å²) in [6, 6.07) is 13.5. The minimum absolute atomic E-state index is 0.0417. The zero-order chi connectivity index (χ0) is 24.8. The van der Waals surface area contributed by atoms with E-state index in [0.717, 1.165) is 28.1 Å². The molecule has 1 saturated heterocycles. The molecule has 1 fully saturated rings. The van der Waals surface area contributed by atoms with Crippen LogP contribution in [0.15, 0.2) is 63.2 Å². The van der Waals surface area contributed by atoms with E-state index in [-0.39, 0.29) is 34.7 Å². The third kappa shape index (κ3) is 4.90. The molecule has 5 rings (SSSR count). The molecule has 0 saturated carbocycles. The number of thioether (sulfide) groups is 1. The first kappa shape index (κ1) is 24.4. The van der Waals surface area contributed by atoms with Gasteiger partial charge in [-0.3, -0.25) is 4.79 Å². The van der Waals surface area contributed by atoms with Gasteiger partial charge in [0.15, 0.2) is 15.0 Å². The molecule has 1 aromatic heterocycles. The molecule has 3 aromatic rings. The fourth-order valence-electron chi connectivity index (χ4n) is 4.23. The molecule has 184 valence electrons. The maximum absolute atomic E-state index is 13.1. The van der Waals surface area contributed by atoms with Crippen LogP contribution < -0.4 is 5.32 Å². The van der Waals surface area contributed by atoms with Gasteiger partial charge in [0.2, 0.25) is 15.9 Å². The number of hydrogen-bond acceptors (Lipinski definition) is 8. The lowest BCUT2D eigenvalue weighted by Gasteiger charge is -2.30. The Morgan fingerprint density at radius 2 is 1.74 bits per heavy atom. The Balaban J connectivity index is 1.24. The van der Waals surface area contributed by atoms with Gasteiger partial charge >= 0.3 is 0 Å². The van der Waals surface area contributed by atoms with Crippen molar-refractivity contribution in [1.82, 2.24) is 9.29 Å². The van der Waals surface area contributed by atoms with Crippen LogP contribution in [-0.2, 0) is 30.4 Å². The van der Waals surface area contributed by atoms with Gasteiger partial charge in [-0.05, 0) is 37.1 Å². The molecule has 1 amide bonds. The van der Waals surface area contributed by atoms with Gasteiger partial charge < -0.3 is 5.32 Å². The number of thiazole rings is 1. The number of nitrogens with zero attached hydrogens (tertiary/aromatic N) is 2. The smallest absolute Gasteiger partial charge is 0.243 e. The molecule has 3 heterocycles. The van der Waals surface area contributed by atoms with E-state index in [9.17, 15) is 21.6 Å². The Hall–Kier alpha value is -2.25. The third-order valence-corrected chi connectivity index (χ3v) is 11.4. The van der Waals surface area contributed by atoms with Crippen molar-refractivity contribution in [3.8, 4) is 11.3 Å². The number of fused-ring (bicyclic) bond motifs is 3. The zero-order valence-electron chi connectivity index (χ0n) is 18.8. The summed E-state index contributed by atoms with van der Waals surface area (Å²) < 4.78 is 51.1. The Morgan fingerprint density at radius 3 is 2.49 bits per heavy atom. The molecule has 0 radical (unpaired) electrons. The molecule has 2 aliphatic heterocycles. The summed E-state index contributed by atoms with van der Waals surface area (Å²) in [6.07, 6.45) is 1.79. The van der Waals surface area contributed by atoms with Crippen molar-refractivity contribution in [3.63, 3.8) is 0 Å². The fraction of sp³-hybridized carbons (Fsp3) is 0.304. The van der Waals surface area contributed by atoms with Crippen LogP contribution in [0.2, 0.25) is 0 Å². The molecule has 0 unspecified atom stereocenters. The number of sulfone groups is 1. The summed E-state index contributed by atoms with van der Waals surface area (Å²) in [5, 5.41) is 3.49. The summed E-state index contributed by atoms with van der Waals surface area (Å²) in [5.74, 6) is 0.330. The first-order valence-electron chi connectivity index (χ1n) is 11.0. The highest BCUT2D eigenvalue weighted by Crippen LogP contribution is 2.44. The average molecular weight is 550 g/mol. The lowest BCUT2D eigenvalue weighted by Crippen LogP contribution is -2.41. The van der Waals surface area contributed by atoms with Crippen molar-refractivity contribution in [2.75, 3.05) is 24.7 Å². The third-order valence-electron chi connectivity index (χ3n) is 6.12. The van der Waals surface area contributed by atoms with Crippen LogP contribution in [0.3, 0.4) is 0 Å². The topological polar surface area (TPSA) is 114 Å². The quantitative estimate of drug-likeness (QED) is 0.514. The largest absolute Gasteiger partial charge is 0.302 e. The van der Waals surface area contributed by atoms with Gasteiger partial charge in [0.05, 0.1) is 15.5 Å². The number of anilines is 1. The van der Waals surface area contributed by atoms with Crippen molar-refractivity contribution in [1.29, 1.82) is 0 Å². The van der Waals surface area contributed by atoms with Crippen molar-refractivity contribution in [2.24, 2.45) is 5.92 Å². The number of rotatable bonds is 5. The Bertz CT molecular complexity index is 1510. The minimum atomic E-state index is -3.86. The first-order valence-corrected chi connectivity index (χ1v) is 16.1. The van der Waals surface area contributed by atoms with Gasteiger partial charge in [0.25, 0.3) is 0 Å². The van der Waals surface area contributed by atoms with Crippen molar-refractivity contribution < 1.29 is 21.6 Å². The molecule has 35 heavy (non-hydrogen) atoms. The van der Waals surface area contributed by atoms with E-state index in [4.69, 9.17) is 0 Å². The monoisotopic (exact) mass is 549 g/mol. The predicted molar refractivity (Wildman–Crippen MR) is 137 cm³/mol. The summed E-state index contributed by atoms with van der Waals surface area (Å²) >= 11 is 3.23. The maximum atomic E-state index is 13.1. The van der Waals surface area contributed by atoms with Gasteiger partial charge in [-0.2, -0.15) is 4.31 Å². The summed E-state index contributed by atoms with van der Waals surface area (Å²) in [4.78, 5) is 19.8. The molecule has 12 heteroatoms. The van der Waals surface area contributed by atoms with Crippen molar-refractivity contribution >= 4 is 54.0 Å². The van der Waals surface area contributed by atoms with Crippen molar-refractivity contribution in [3.05, 3.63) is 53.4 Å². The van der Waals surface area contributed by atoms with Gasteiger partial charge in [-0.1, -0.05) is 24.3 Å². The number of nitrogens with one attached hydrogen (secondary N) is 1. The van der Waals surface area contributed by atoms with E-state index in [0.29, 0.717) is 18.0 Å². The number of hydrogen-bond donors (Lipinski definition) is 1. The van der Waals surface area contributed by atoms with E-state index in [1.807, 2.05) is 18.2 Å². The van der Waals surface area contributed by atoms with Crippen molar-refractivity contribution in [2.45, 2.75) is 33.3 Å². The normalized spacial score (nSPS) is 16.9. The molecule has 2 aromatic carbocycles.